The third-order valence-corrected chi connectivity index (χ3v) is 7.54. The van der Waals surface area contributed by atoms with E-state index in [9.17, 15) is 14.4 Å². The van der Waals surface area contributed by atoms with Crippen LogP contribution in [0.2, 0.25) is 0 Å². The predicted octanol–water partition coefficient (Wildman–Crippen LogP) is 3.30. The Balaban J connectivity index is 1.21. The van der Waals surface area contributed by atoms with Gasteiger partial charge in [0.05, 0.1) is 24.9 Å². The van der Waals surface area contributed by atoms with Crippen molar-refractivity contribution in [3.05, 3.63) is 106 Å². The lowest BCUT2D eigenvalue weighted by atomic mass is 10.1. The fourth-order valence-corrected chi connectivity index (χ4v) is 5.53. The summed E-state index contributed by atoms with van der Waals surface area (Å²) in [6, 6.07) is 20.8. The standard InChI is InChI=1S/C29H24N6O4S/c1-39-23-11-5-2-8-18(23)16-30-25(36)15-22-28(38)35-27(32-22)20-9-3-4-10-21(20)33-29(35)40-17-19-14-26(37)34-13-7-6-12-24(34)31-19/h2-14,22H,15-17H2,1H3,(H,30,36). The smallest absolute Gasteiger partial charge is 0.259 e. The highest BCUT2D eigenvalue weighted by atomic mass is 32.2. The number of methoxy groups -OCH3 is 1. The molecule has 4 aromatic rings. The summed E-state index contributed by atoms with van der Waals surface area (Å²) >= 11 is 1.29. The minimum absolute atomic E-state index is 0.100. The van der Waals surface area contributed by atoms with E-state index in [0.29, 0.717) is 39.5 Å². The van der Waals surface area contributed by atoms with Crippen LogP contribution < -0.4 is 15.6 Å². The van der Waals surface area contributed by atoms with E-state index in [1.165, 1.54) is 27.1 Å². The highest BCUT2D eigenvalue weighted by Gasteiger charge is 2.42. The third-order valence-electron chi connectivity index (χ3n) is 6.57. The summed E-state index contributed by atoms with van der Waals surface area (Å²) in [6.07, 6.45) is 1.57. The largest absolute Gasteiger partial charge is 0.496 e. The lowest BCUT2D eigenvalue weighted by Crippen LogP contribution is -2.42. The lowest BCUT2D eigenvalue weighted by Gasteiger charge is -2.25. The van der Waals surface area contributed by atoms with Gasteiger partial charge in [0, 0.05) is 35.7 Å². The number of para-hydroxylation sites is 2. The molecule has 1 N–H and O–H groups in total. The van der Waals surface area contributed by atoms with E-state index in [2.05, 4.69) is 15.3 Å². The maximum atomic E-state index is 13.6. The van der Waals surface area contributed by atoms with Gasteiger partial charge in [-0.05, 0) is 30.3 Å². The monoisotopic (exact) mass is 552 g/mol. The summed E-state index contributed by atoms with van der Waals surface area (Å²) in [5, 5.41) is 3.29. The van der Waals surface area contributed by atoms with Gasteiger partial charge in [0.15, 0.2) is 5.17 Å². The van der Waals surface area contributed by atoms with Gasteiger partial charge in [-0.3, -0.25) is 23.8 Å². The number of nitrogens with one attached hydrogen (secondary N) is 1. The van der Waals surface area contributed by atoms with Gasteiger partial charge in [0.25, 0.3) is 11.5 Å². The number of benzene rings is 2. The number of hydrogen-bond donors (Lipinski definition) is 1. The molecule has 11 heteroatoms. The second kappa shape index (κ2) is 10.8. The van der Waals surface area contributed by atoms with E-state index >= 15 is 0 Å². The number of nitrogens with zero attached hydrogens (tertiary/aromatic N) is 5. The Morgan fingerprint density at radius 2 is 1.85 bits per heavy atom. The lowest BCUT2D eigenvalue weighted by molar-refractivity contribution is -0.128. The highest BCUT2D eigenvalue weighted by molar-refractivity contribution is 8.13. The Bertz CT molecular complexity index is 1760. The fourth-order valence-electron chi connectivity index (χ4n) is 4.64. The van der Waals surface area contributed by atoms with Crippen molar-refractivity contribution in [1.82, 2.24) is 19.6 Å². The number of fused-ring (bicyclic) bond motifs is 4. The number of carbonyl (C=O) groups excluding carboxylic acids is 2. The van der Waals surface area contributed by atoms with Crippen LogP contribution in [0.5, 0.6) is 5.75 Å². The molecule has 0 saturated carbocycles. The molecule has 0 bridgehead atoms. The molecule has 0 radical (unpaired) electrons. The first kappa shape index (κ1) is 25.5. The van der Waals surface area contributed by atoms with Gasteiger partial charge in [-0.1, -0.05) is 48.2 Å². The van der Waals surface area contributed by atoms with Crippen molar-refractivity contribution in [2.45, 2.75) is 24.8 Å². The molecule has 2 aliphatic rings. The van der Waals surface area contributed by atoms with E-state index in [1.54, 1.807) is 25.4 Å². The minimum atomic E-state index is -0.881. The van der Waals surface area contributed by atoms with Gasteiger partial charge >= 0.3 is 0 Å². The summed E-state index contributed by atoms with van der Waals surface area (Å²) in [5.41, 5.74) is 3.16. The first-order chi connectivity index (χ1) is 19.5. The number of pyridine rings is 1. The molecule has 4 heterocycles. The summed E-state index contributed by atoms with van der Waals surface area (Å²) in [6.45, 7) is 0.272. The van der Waals surface area contributed by atoms with Crippen molar-refractivity contribution in [3.63, 3.8) is 0 Å². The Labute approximate surface area is 233 Å². The molecule has 2 amide bonds. The average Bonchev–Trinajstić information content (AvgIpc) is 3.30. The van der Waals surface area contributed by atoms with Crippen molar-refractivity contribution in [1.29, 1.82) is 0 Å². The zero-order valence-electron chi connectivity index (χ0n) is 21.5. The van der Waals surface area contributed by atoms with E-state index in [0.717, 1.165) is 11.1 Å². The second-order valence-electron chi connectivity index (χ2n) is 9.15. The van der Waals surface area contributed by atoms with Gasteiger partial charge in [-0.15, -0.1) is 0 Å². The summed E-state index contributed by atoms with van der Waals surface area (Å²) in [4.78, 5) is 54.4. The SMILES string of the molecule is COc1ccccc1CNC(=O)CC1N=C2c3ccccc3N=C(SCc3cc(=O)n4ccccc4n3)N2C1=O. The predicted molar refractivity (Wildman–Crippen MR) is 153 cm³/mol. The number of amides is 2. The second-order valence-corrected chi connectivity index (χ2v) is 10.1. The molecule has 0 spiro atoms. The molecule has 0 saturated heterocycles. The average molecular weight is 553 g/mol. The van der Waals surface area contributed by atoms with Crippen LogP contribution in [0.4, 0.5) is 5.69 Å². The molecule has 40 heavy (non-hydrogen) atoms. The van der Waals surface area contributed by atoms with E-state index in [1.807, 2.05) is 54.6 Å². The fraction of sp³-hybridized carbons (Fsp3) is 0.172. The number of thioether (sulfide) groups is 1. The summed E-state index contributed by atoms with van der Waals surface area (Å²) < 4.78 is 6.82. The van der Waals surface area contributed by atoms with Crippen molar-refractivity contribution in [2.75, 3.05) is 7.11 Å². The van der Waals surface area contributed by atoms with Crippen LogP contribution in [0.3, 0.4) is 0 Å². The van der Waals surface area contributed by atoms with Crippen molar-refractivity contribution in [3.8, 4) is 5.75 Å². The third kappa shape index (κ3) is 4.87. The zero-order chi connectivity index (χ0) is 27.6. The maximum Gasteiger partial charge on any atom is 0.259 e. The summed E-state index contributed by atoms with van der Waals surface area (Å²) in [7, 11) is 1.58. The van der Waals surface area contributed by atoms with Gasteiger partial charge < -0.3 is 10.1 Å². The molecule has 1 unspecified atom stereocenters. The van der Waals surface area contributed by atoms with E-state index < -0.39 is 6.04 Å². The molecule has 0 fully saturated rings. The van der Waals surface area contributed by atoms with Gasteiger partial charge in [0.1, 0.15) is 23.3 Å². The highest BCUT2D eigenvalue weighted by Crippen LogP contribution is 2.34. The zero-order valence-corrected chi connectivity index (χ0v) is 22.3. The molecule has 1 atom stereocenters. The quantitative estimate of drug-likeness (QED) is 0.376. The maximum absolute atomic E-state index is 13.6. The topological polar surface area (TPSA) is 118 Å². The van der Waals surface area contributed by atoms with Crippen molar-refractivity contribution >= 4 is 45.9 Å². The number of ether oxygens (including phenoxy) is 1. The van der Waals surface area contributed by atoms with Crippen molar-refractivity contribution < 1.29 is 14.3 Å². The molecular formula is C29H24N6O4S. The van der Waals surface area contributed by atoms with Crippen LogP contribution in [0.25, 0.3) is 5.65 Å². The van der Waals surface area contributed by atoms with Gasteiger partial charge in [-0.25, -0.2) is 14.9 Å². The van der Waals surface area contributed by atoms with Crippen LogP contribution >= 0.6 is 11.8 Å². The number of hydrogen-bond acceptors (Lipinski definition) is 8. The van der Waals surface area contributed by atoms with E-state index in [-0.39, 0.29) is 30.3 Å². The molecule has 0 aliphatic carbocycles. The minimum Gasteiger partial charge on any atom is -0.496 e. The Hall–Kier alpha value is -4.77. The van der Waals surface area contributed by atoms with Crippen molar-refractivity contribution in [2.24, 2.45) is 9.98 Å². The Kier molecular flexibility index (Phi) is 6.87. The van der Waals surface area contributed by atoms with Gasteiger partial charge in [-0.2, -0.15) is 0 Å². The molecular weight excluding hydrogens is 528 g/mol. The van der Waals surface area contributed by atoms with Crippen LogP contribution in [-0.2, 0) is 21.9 Å². The molecule has 2 aromatic heterocycles. The number of rotatable bonds is 7. The number of carbonyl (C=O) groups is 2. The molecule has 6 rings (SSSR count). The summed E-state index contributed by atoms with van der Waals surface area (Å²) in [5.74, 6) is 0.841. The number of aromatic nitrogens is 2. The Morgan fingerprint density at radius 1 is 1.05 bits per heavy atom. The molecule has 2 aromatic carbocycles. The normalized spacial score (nSPS) is 15.8. The molecule has 10 nitrogen and oxygen atoms in total. The van der Waals surface area contributed by atoms with Crippen LogP contribution in [0, 0.1) is 0 Å². The van der Waals surface area contributed by atoms with Crippen LogP contribution in [0.1, 0.15) is 23.2 Å². The number of amidine groups is 2. The van der Waals surface area contributed by atoms with Crippen LogP contribution in [-0.4, -0.2) is 50.3 Å². The van der Waals surface area contributed by atoms with Crippen LogP contribution in [0.15, 0.2) is 93.8 Å². The first-order valence-electron chi connectivity index (χ1n) is 12.6. The van der Waals surface area contributed by atoms with Gasteiger partial charge in [0.2, 0.25) is 5.91 Å². The van der Waals surface area contributed by atoms with E-state index in [4.69, 9.17) is 9.73 Å². The molecule has 2 aliphatic heterocycles. The first-order valence-corrected chi connectivity index (χ1v) is 13.6. The molecule has 200 valence electrons. The Morgan fingerprint density at radius 3 is 2.73 bits per heavy atom. The number of aliphatic imine (C=N–C) groups is 2.